The Kier molecular flexibility index (Phi) is 5.96. The molecule has 10 heteroatoms. The summed E-state index contributed by atoms with van der Waals surface area (Å²) in [4.78, 5) is 16.4. The highest BCUT2D eigenvalue weighted by molar-refractivity contribution is 7.07. The molecule has 0 fully saturated rings. The van der Waals surface area contributed by atoms with Crippen LogP contribution in [0.5, 0.6) is 5.75 Å². The highest BCUT2D eigenvalue weighted by Gasteiger charge is 2.18. The van der Waals surface area contributed by atoms with Gasteiger partial charge in [0, 0.05) is 22.6 Å². The van der Waals surface area contributed by atoms with E-state index in [1.807, 2.05) is 0 Å². The van der Waals surface area contributed by atoms with Crippen molar-refractivity contribution >= 4 is 34.3 Å². The van der Waals surface area contributed by atoms with Crippen LogP contribution in [0.4, 0.5) is 24.5 Å². The third kappa shape index (κ3) is 4.60. The van der Waals surface area contributed by atoms with Gasteiger partial charge in [-0.25, -0.2) is 22.8 Å². The van der Waals surface area contributed by atoms with Crippen LogP contribution >= 0.6 is 11.3 Å². The second-order valence-electron chi connectivity index (χ2n) is 7.64. The molecule has 2 heterocycles. The average molecular weight is 494 g/mol. The molecule has 1 N–H and O–H groups in total. The van der Waals surface area contributed by atoms with Gasteiger partial charge in [0.15, 0.2) is 12.4 Å². The van der Waals surface area contributed by atoms with Crippen molar-refractivity contribution in [3.63, 3.8) is 0 Å². The summed E-state index contributed by atoms with van der Waals surface area (Å²) in [7, 11) is 0. The zero-order valence-corrected chi connectivity index (χ0v) is 19.1. The molecular weight excluding hydrogens is 477 g/mol. The van der Waals surface area contributed by atoms with E-state index in [1.165, 1.54) is 28.1 Å². The zero-order chi connectivity index (χ0) is 24.5. The van der Waals surface area contributed by atoms with Gasteiger partial charge in [0.1, 0.15) is 23.1 Å². The number of amides is 1. The average Bonchev–Trinajstić information content (AvgIpc) is 3.22. The van der Waals surface area contributed by atoms with Crippen molar-refractivity contribution in [2.45, 2.75) is 6.92 Å². The molecule has 1 aromatic heterocycles. The quantitative estimate of drug-likeness (QED) is 0.383. The van der Waals surface area contributed by atoms with Crippen LogP contribution in [0.15, 0.2) is 76.1 Å². The number of rotatable bonds is 4. The number of carbonyl (C=O) groups is 1. The highest BCUT2D eigenvalue weighted by atomic mass is 32.1. The first-order valence-electron chi connectivity index (χ1n) is 10.5. The molecule has 0 unspecified atom stereocenters. The fourth-order valence-corrected chi connectivity index (χ4v) is 4.39. The van der Waals surface area contributed by atoms with Gasteiger partial charge in [0.2, 0.25) is 4.80 Å². The number of carbonyl (C=O) groups excluding carboxylic acids is 1. The van der Waals surface area contributed by atoms with Crippen LogP contribution in [0.25, 0.3) is 11.3 Å². The standard InChI is InChI=1S/C25H17F3N4O2S/c1-14(17-4-2-3-5-18(17)27)31-32-22(15-6-9-23-21(10-15)29-24(33)12-34-23)13-35-25(32)30-20-8-7-16(26)11-19(20)28/h2-11,13H,12H2,1H3,(H,29,33). The summed E-state index contributed by atoms with van der Waals surface area (Å²) in [5.74, 6) is -1.73. The molecule has 6 nitrogen and oxygen atoms in total. The minimum absolute atomic E-state index is 0.0663. The van der Waals surface area contributed by atoms with Crippen molar-refractivity contribution in [1.82, 2.24) is 4.68 Å². The zero-order valence-electron chi connectivity index (χ0n) is 18.3. The third-order valence-electron chi connectivity index (χ3n) is 5.23. The molecule has 0 bridgehead atoms. The van der Waals surface area contributed by atoms with Gasteiger partial charge in [0.05, 0.1) is 17.1 Å². The van der Waals surface area contributed by atoms with Crippen molar-refractivity contribution in [1.29, 1.82) is 0 Å². The Balaban J connectivity index is 1.69. The summed E-state index contributed by atoms with van der Waals surface area (Å²) in [6.45, 7) is 1.58. The summed E-state index contributed by atoms with van der Waals surface area (Å²) >= 11 is 1.17. The fourth-order valence-electron chi connectivity index (χ4n) is 3.55. The topological polar surface area (TPSA) is 68.0 Å². The van der Waals surface area contributed by atoms with E-state index < -0.39 is 17.5 Å². The molecule has 176 valence electrons. The maximum atomic E-state index is 14.4. The number of fused-ring (bicyclic) bond motifs is 1. The van der Waals surface area contributed by atoms with Crippen LogP contribution < -0.4 is 14.9 Å². The molecule has 0 atom stereocenters. The SMILES string of the molecule is CC(=Nn1c(-c2ccc3c(c2)NC(=O)CO3)csc1=Nc1ccc(F)cc1F)c1ccccc1F. The van der Waals surface area contributed by atoms with E-state index in [0.717, 1.165) is 12.1 Å². The molecule has 0 aliphatic carbocycles. The number of benzene rings is 3. The predicted octanol–water partition coefficient (Wildman–Crippen LogP) is 5.47. The highest BCUT2D eigenvalue weighted by Crippen LogP contribution is 2.33. The maximum Gasteiger partial charge on any atom is 0.262 e. The first-order chi connectivity index (χ1) is 16.9. The van der Waals surface area contributed by atoms with Gasteiger partial charge in [-0.1, -0.05) is 18.2 Å². The molecule has 1 aliphatic heterocycles. The van der Waals surface area contributed by atoms with Crippen molar-refractivity contribution in [3.8, 4) is 17.0 Å². The Hall–Kier alpha value is -4.18. The van der Waals surface area contributed by atoms with Gasteiger partial charge in [-0.3, -0.25) is 4.79 Å². The number of nitrogens with zero attached hydrogens (tertiary/aromatic N) is 3. The number of halogens is 3. The number of hydrogen-bond acceptors (Lipinski definition) is 5. The van der Waals surface area contributed by atoms with Gasteiger partial charge >= 0.3 is 0 Å². The van der Waals surface area contributed by atoms with E-state index in [2.05, 4.69) is 15.4 Å². The first-order valence-corrected chi connectivity index (χ1v) is 11.3. The molecule has 0 radical (unpaired) electrons. The molecule has 4 aromatic rings. The minimum atomic E-state index is -0.824. The van der Waals surface area contributed by atoms with Gasteiger partial charge in [0.25, 0.3) is 5.91 Å². The Morgan fingerprint density at radius 3 is 2.69 bits per heavy atom. The summed E-state index contributed by atoms with van der Waals surface area (Å²) in [5, 5.41) is 9.11. The molecule has 3 aromatic carbocycles. The van der Waals surface area contributed by atoms with Crippen LogP contribution in [-0.2, 0) is 4.79 Å². The fraction of sp³-hybridized carbons (Fsp3) is 0.0800. The number of thiazole rings is 1. The molecule has 0 saturated heterocycles. The minimum Gasteiger partial charge on any atom is -0.482 e. The van der Waals surface area contributed by atoms with Crippen LogP contribution in [0.3, 0.4) is 0 Å². The van der Waals surface area contributed by atoms with Gasteiger partial charge in [-0.15, -0.1) is 11.3 Å². The molecule has 5 rings (SSSR count). The Morgan fingerprint density at radius 2 is 1.89 bits per heavy atom. The van der Waals surface area contributed by atoms with Crippen molar-refractivity contribution in [3.05, 3.63) is 93.9 Å². The van der Waals surface area contributed by atoms with Crippen molar-refractivity contribution in [2.75, 3.05) is 11.9 Å². The Labute approximate surface area is 201 Å². The predicted molar refractivity (Wildman–Crippen MR) is 127 cm³/mol. The van der Waals surface area contributed by atoms with E-state index in [4.69, 9.17) is 4.74 Å². The van der Waals surface area contributed by atoms with Gasteiger partial charge in [-0.2, -0.15) is 5.10 Å². The van der Waals surface area contributed by atoms with Crippen LogP contribution in [0, 0.1) is 17.5 Å². The van der Waals surface area contributed by atoms with Crippen molar-refractivity contribution < 1.29 is 22.7 Å². The van der Waals surface area contributed by atoms with Gasteiger partial charge in [-0.05, 0) is 43.3 Å². The lowest BCUT2D eigenvalue weighted by Crippen LogP contribution is -2.25. The van der Waals surface area contributed by atoms with E-state index in [1.54, 1.807) is 48.7 Å². The lowest BCUT2D eigenvalue weighted by atomic mass is 10.1. The second-order valence-corrected chi connectivity index (χ2v) is 8.47. The smallest absolute Gasteiger partial charge is 0.262 e. The number of aromatic nitrogens is 1. The lowest BCUT2D eigenvalue weighted by molar-refractivity contribution is -0.118. The number of anilines is 1. The molecule has 35 heavy (non-hydrogen) atoms. The number of ether oxygens (including phenoxy) is 1. The molecular formula is C25H17F3N4O2S. The number of nitrogens with one attached hydrogen (secondary N) is 1. The molecule has 1 aliphatic rings. The lowest BCUT2D eigenvalue weighted by Gasteiger charge is -2.18. The summed E-state index contributed by atoms with van der Waals surface area (Å²) in [6.07, 6.45) is 0. The van der Waals surface area contributed by atoms with E-state index in [-0.39, 0.29) is 23.0 Å². The molecule has 1 amide bonds. The van der Waals surface area contributed by atoms with E-state index in [0.29, 0.717) is 34.0 Å². The number of hydrogen-bond donors (Lipinski definition) is 1. The van der Waals surface area contributed by atoms with Crippen molar-refractivity contribution in [2.24, 2.45) is 10.1 Å². The molecule has 0 saturated carbocycles. The van der Waals surface area contributed by atoms with E-state index >= 15 is 0 Å². The second kappa shape index (κ2) is 9.22. The largest absolute Gasteiger partial charge is 0.482 e. The van der Waals surface area contributed by atoms with Gasteiger partial charge < -0.3 is 10.1 Å². The van der Waals surface area contributed by atoms with Crippen LogP contribution in [-0.4, -0.2) is 22.9 Å². The van der Waals surface area contributed by atoms with Crippen LogP contribution in [0.1, 0.15) is 12.5 Å². The summed E-state index contributed by atoms with van der Waals surface area (Å²) in [5.41, 5.74) is 2.31. The normalized spacial score (nSPS) is 13.9. The Bertz CT molecular complexity index is 1560. The summed E-state index contributed by atoms with van der Waals surface area (Å²) in [6, 6.07) is 14.5. The third-order valence-corrected chi connectivity index (χ3v) is 6.05. The van der Waals surface area contributed by atoms with E-state index in [9.17, 15) is 18.0 Å². The van der Waals surface area contributed by atoms with Crippen LogP contribution in [0.2, 0.25) is 0 Å². The maximum absolute atomic E-state index is 14.4. The Morgan fingerprint density at radius 1 is 1.06 bits per heavy atom. The molecule has 0 spiro atoms. The monoisotopic (exact) mass is 494 g/mol. The summed E-state index contributed by atoms with van der Waals surface area (Å²) < 4.78 is 49.0. The first kappa shape index (κ1) is 22.6.